The van der Waals surface area contributed by atoms with Crippen LogP contribution in [0.3, 0.4) is 0 Å². The normalized spacial score (nSPS) is 14.7. The minimum Gasteiger partial charge on any atom is -0.481 e. The lowest BCUT2D eigenvalue weighted by atomic mass is 9.93. The van der Waals surface area contributed by atoms with Crippen LogP contribution in [0.15, 0.2) is 54.9 Å². The van der Waals surface area contributed by atoms with Crippen LogP contribution in [0.2, 0.25) is 5.02 Å². The first-order chi connectivity index (χ1) is 15.5. The van der Waals surface area contributed by atoms with Gasteiger partial charge in [0.1, 0.15) is 11.6 Å². The summed E-state index contributed by atoms with van der Waals surface area (Å²) in [6, 6.07) is 13.6. The average Bonchev–Trinajstić information content (AvgIpc) is 3.23. The number of fused-ring (bicyclic) bond motifs is 1. The Morgan fingerprint density at radius 3 is 2.53 bits per heavy atom. The van der Waals surface area contributed by atoms with Crippen molar-refractivity contribution in [1.29, 1.82) is 0 Å². The monoisotopic (exact) mass is 447 g/mol. The van der Waals surface area contributed by atoms with Gasteiger partial charge in [-0.25, -0.2) is 9.97 Å². The van der Waals surface area contributed by atoms with Gasteiger partial charge in [-0.15, -0.1) is 0 Å². The number of rotatable bonds is 5. The lowest BCUT2D eigenvalue weighted by Gasteiger charge is -2.32. The fraction of sp³-hybridized carbons (Fsp3) is 0.250. The number of carboxylic acid groups (broad SMARTS) is 1. The van der Waals surface area contributed by atoms with E-state index < -0.39 is 5.97 Å². The van der Waals surface area contributed by atoms with Crippen LogP contribution < -0.4 is 4.90 Å². The van der Waals surface area contributed by atoms with E-state index in [4.69, 9.17) is 16.7 Å². The Morgan fingerprint density at radius 2 is 1.84 bits per heavy atom. The van der Waals surface area contributed by atoms with E-state index in [-0.39, 0.29) is 12.3 Å². The number of carbonyl (C=O) groups is 1. The molecule has 4 heterocycles. The number of nitrogens with zero attached hydrogens (tertiary/aromatic N) is 4. The number of piperidine rings is 1. The molecule has 7 nitrogen and oxygen atoms in total. The van der Waals surface area contributed by atoms with E-state index in [9.17, 15) is 4.79 Å². The summed E-state index contributed by atoms with van der Waals surface area (Å²) >= 11 is 6.06. The van der Waals surface area contributed by atoms with Crippen LogP contribution in [0, 0.1) is 5.92 Å². The quantitative estimate of drug-likeness (QED) is 0.445. The predicted molar refractivity (Wildman–Crippen MR) is 125 cm³/mol. The second-order valence-electron chi connectivity index (χ2n) is 8.11. The van der Waals surface area contributed by atoms with Crippen molar-refractivity contribution in [3.05, 3.63) is 59.9 Å². The Morgan fingerprint density at radius 1 is 1.06 bits per heavy atom. The van der Waals surface area contributed by atoms with Gasteiger partial charge in [-0.05, 0) is 61.2 Å². The number of aromatic amines is 1. The number of H-pyrrole nitrogens is 1. The summed E-state index contributed by atoms with van der Waals surface area (Å²) in [5.74, 6) is 1.21. The van der Waals surface area contributed by atoms with Gasteiger partial charge in [0.15, 0.2) is 0 Å². The summed E-state index contributed by atoms with van der Waals surface area (Å²) in [6.07, 6.45) is 5.66. The zero-order valence-corrected chi connectivity index (χ0v) is 18.1. The molecule has 0 amide bonds. The van der Waals surface area contributed by atoms with Crippen LogP contribution in [-0.2, 0) is 4.79 Å². The zero-order chi connectivity index (χ0) is 22.1. The van der Waals surface area contributed by atoms with Crippen LogP contribution in [0.1, 0.15) is 19.3 Å². The maximum absolute atomic E-state index is 10.9. The number of aliphatic carboxylic acids is 1. The Balaban J connectivity index is 1.27. The maximum atomic E-state index is 10.9. The number of anilines is 1. The molecule has 1 aliphatic rings. The number of carboxylic acids is 1. The highest BCUT2D eigenvalue weighted by Gasteiger charge is 2.22. The van der Waals surface area contributed by atoms with Gasteiger partial charge >= 0.3 is 5.97 Å². The SMILES string of the molecule is O=C(O)CC1CCN(c2ccc(-c3ccc(-c4nc5ccc(Cl)cc5[nH]4)cn3)cn2)CC1. The Bertz CT molecular complexity index is 1250. The summed E-state index contributed by atoms with van der Waals surface area (Å²) in [4.78, 5) is 30.2. The summed E-state index contributed by atoms with van der Waals surface area (Å²) in [6.45, 7) is 1.67. The molecule has 0 unspecified atom stereocenters. The Kier molecular flexibility index (Phi) is 5.49. The number of pyridine rings is 2. The number of nitrogens with one attached hydrogen (secondary N) is 1. The van der Waals surface area contributed by atoms with E-state index in [2.05, 4.69) is 24.8 Å². The molecular weight excluding hydrogens is 426 g/mol. The van der Waals surface area contributed by atoms with Crippen molar-refractivity contribution in [2.24, 2.45) is 5.92 Å². The molecular formula is C24H22ClN5O2. The van der Waals surface area contributed by atoms with Crippen molar-refractivity contribution in [3.8, 4) is 22.6 Å². The van der Waals surface area contributed by atoms with Crippen LogP contribution in [-0.4, -0.2) is 44.1 Å². The molecule has 0 aliphatic carbocycles. The Hall–Kier alpha value is -3.45. The van der Waals surface area contributed by atoms with E-state index in [1.807, 2.05) is 48.7 Å². The van der Waals surface area contributed by atoms with Gasteiger partial charge in [-0.2, -0.15) is 0 Å². The topological polar surface area (TPSA) is 95.0 Å². The highest BCUT2D eigenvalue weighted by atomic mass is 35.5. The van der Waals surface area contributed by atoms with Crippen molar-refractivity contribution in [2.45, 2.75) is 19.3 Å². The third-order valence-corrected chi connectivity index (χ3v) is 6.16. The van der Waals surface area contributed by atoms with E-state index in [1.165, 1.54) is 0 Å². The molecule has 162 valence electrons. The number of hydrogen-bond donors (Lipinski definition) is 2. The summed E-state index contributed by atoms with van der Waals surface area (Å²) in [5.41, 5.74) is 4.43. The minimum atomic E-state index is -0.714. The molecule has 0 bridgehead atoms. The first kappa shape index (κ1) is 20.5. The van der Waals surface area contributed by atoms with Gasteiger partial charge in [-0.1, -0.05) is 11.6 Å². The van der Waals surface area contributed by atoms with Gasteiger partial charge in [0.25, 0.3) is 0 Å². The number of imidazole rings is 1. The van der Waals surface area contributed by atoms with E-state index in [1.54, 1.807) is 6.20 Å². The molecule has 1 fully saturated rings. The lowest BCUT2D eigenvalue weighted by molar-refractivity contribution is -0.138. The summed E-state index contributed by atoms with van der Waals surface area (Å²) in [5, 5.41) is 9.64. The van der Waals surface area contributed by atoms with Gasteiger partial charge < -0.3 is 15.0 Å². The third kappa shape index (κ3) is 4.29. The first-order valence-electron chi connectivity index (χ1n) is 10.6. The van der Waals surface area contributed by atoms with Gasteiger partial charge in [0.2, 0.25) is 0 Å². The molecule has 0 atom stereocenters. The first-order valence-corrected chi connectivity index (χ1v) is 11.0. The fourth-order valence-corrected chi connectivity index (χ4v) is 4.33. The van der Waals surface area contributed by atoms with E-state index in [0.29, 0.717) is 5.02 Å². The molecule has 0 spiro atoms. The molecule has 0 saturated carbocycles. The second-order valence-corrected chi connectivity index (χ2v) is 8.55. The highest BCUT2D eigenvalue weighted by molar-refractivity contribution is 6.31. The van der Waals surface area contributed by atoms with Gasteiger partial charge in [-0.3, -0.25) is 9.78 Å². The van der Waals surface area contributed by atoms with Crippen LogP contribution in [0.25, 0.3) is 33.7 Å². The van der Waals surface area contributed by atoms with Crippen LogP contribution >= 0.6 is 11.6 Å². The molecule has 4 aromatic rings. The third-order valence-electron chi connectivity index (χ3n) is 5.93. The number of hydrogen-bond acceptors (Lipinski definition) is 5. The largest absolute Gasteiger partial charge is 0.481 e. The average molecular weight is 448 g/mol. The highest BCUT2D eigenvalue weighted by Crippen LogP contribution is 2.27. The smallest absolute Gasteiger partial charge is 0.303 e. The van der Waals surface area contributed by atoms with Gasteiger partial charge in [0.05, 0.1) is 16.7 Å². The molecule has 8 heteroatoms. The molecule has 1 saturated heterocycles. The van der Waals surface area contributed by atoms with Crippen molar-refractivity contribution >= 4 is 34.4 Å². The molecule has 3 aromatic heterocycles. The van der Waals surface area contributed by atoms with E-state index in [0.717, 1.165) is 65.4 Å². The molecule has 32 heavy (non-hydrogen) atoms. The molecule has 1 aromatic carbocycles. The molecule has 0 radical (unpaired) electrons. The molecule has 2 N–H and O–H groups in total. The number of halogens is 1. The van der Waals surface area contributed by atoms with Crippen molar-refractivity contribution in [2.75, 3.05) is 18.0 Å². The standard InChI is InChI=1S/C24H22ClN5O2/c25-18-3-5-20-21(12-18)29-24(28-20)17-1-4-19(26-14-17)16-2-6-22(27-13-16)30-9-7-15(8-10-30)11-23(31)32/h1-6,12-15H,7-11H2,(H,28,29)(H,31,32). The van der Waals surface area contributed by atoms with Crippen molar-refractivity contribution in [3.63, 3.8) is 0 Å². The number of benzene rings is 1. The lowest BCUT2D eigenvalue weighted by Crippen LogP contribution is -2.34. The minimum absolute atomic E-state index is 0.254. The number of aromatic nitrogens is 4. The van der Waals surface area contributed by atoms with Gasteiger partial charge in [0, 0.05) is 48.1 Å². The van der Waals surface area contributed by atoms with Crippen molar-refractivity contribution in [1.82, 2.24) is 19.9 Å². The maximum Gasteiger partial charge on any atom is 0.303 e. The predicted octanol–water partition coefficient (Wildman–Crippen LogP) is 5.03. The molecule has 1 aliphatic heterocycles. The zero-order valence-electron chi connectivity index (χ0n) is 17.3. The van der Waals surface area contributed by atoms with Crippen LogP contribution in [0.4, 0.5) is 5.82 Å². The molecule has 5 rings (SSSR count). The second kappa shape index (κ2) is 8.59. The fourth-order valence-electron chi connectivity index (χ4n) is 4.16. The van der Waals surface area contributed by atoms with Crippen molar-refractivity contribution < 1.29 is 9.90 Å². The summed E-state index contributed by atoms with van der Waals surface area (Å²) in [7, 11) is 0. The Labute approximate surface area is 190 Å². The van der Waals surface area contributed by atoms with E-state index >= 15 is 0 Å². The summed E-state index contributed by atoms with van der Waals surface area (Å²) < 4.78 is 0. The van der Waals surface area contributed by atoms with Crippen LogP contribution in [0.5, 0.6) is 0 Å².